The number of β-amino-alcohol motifs (C(OH)–C–C–N with tert-alkyl or cyclic N) is 1. The van der Waals surface area contributed by atoms with Gasteiger partial charge in [0.15, 0.2) is 5.75 Å². The number of nitrogens with zero attached hydrogens (tertiary/aromatic N) is 1. The van der Waals surface area contributed by atoms with Crippen molar-refractivity contribution in [1.82, 2.24) is 10.2 Å². The van der Waals surface area contributed by atoms with Crippen molar-refractivity contribution in [2.75, 3.05) is 13.2 Å². The molecule has 1 aliphatic heterocycles. The van der Waals surface area contributed by atoms with Gasteiger partial charge in [-0.15, -0.1) is 0 Å². The number of imide groups is 1. The number of para-hydroxylation sites is 1. The fourth-order valence-electron chi connectivity index (χ4n) is 2.44. The molecule has 0 spiro atoms. The summed E-state index contributed by atoms with van der Waals surface area (Å²) in [6, 6.07) is 3.87. The van der Waals surface area contributed by atoms with Gasteiger partial charge in [-0.1, -0.05) is 43.1 Å². The number of aliphatic hydroxyl groups excluding tert-OH is 1. The van der Waals surface area contributed by atoms with E-state index in [0.717, 1.165) is 4.90 Å². The van der Waals surface area contributed by atoms with E-state index in [9.17, 15) is 14.7 Å². The van der Waals surface area contributed by atoms with E-state index in [2.05, 4.69) is 5.32 Å². The first-order valence-corrected chi connectivity index (χ1v) is 8.42. The van der Waals surface area contributed by atoms with Crippen molar-refractivity contribution in [1.29, 1.82) is 0 Å². The van der Waals surface area contributed by atoms with Gasteiger partial charge in [0.1, 0.15) is 18.8 Å². The molecule has 0 aliphatic carbocycles. The number of urea groups is 1. The Morgan fingerprint density at radius 1 is 1.29 bits per heavy atom. The normalized spacial score (nSPS) is 18.9. The maximum Gasteiger partial charge on any atom is 0.324 e. The number of ether oxygens (including phenoxy) is 1. The number of hydrogen-bond acceptors (Lipinski definition) is 4. The lowest BCUT2D eigenvalue weighted by atomic mass is 10.0. The fourth-order valence-corrected chi connectivity index (χ4v) is 2.95. The Kier molecular flexibility index (Phi) is 6.32. The first-order valence-electron chi connectivity index (χ1n) is 7.66. The highest BCUT2D eigenvalue weighted by molar-refractivity contribution is 6.37. The van der Waals surface area contributed by atoms with Crippen molar-refractivity contribution in [3.8, 4) is 5.75 Å². The number of carbonyl (C=O) groups excluding carboxylic acids is 2. The molecule has 2 unspecified atom stereocenters. The average molecular weight is 375 g/mol. The zero-order valence-corrected chi connectivity index (χ0v) is 15.0. The molecule has 1 fully saturated rings. The van der Waals surface area contributed by atoms with Gasteiger partial charge in [-0.25, -0.2) is 4.79 Å². The molecule has 132 valence electrons. The van der Waals surface area contributed by atoms with Gasteiger partial charge in [0.25, 0.3) is 5.91 Å². The van der Waals surface area contributed by atoms with Crippen LogP contribution in [0.3, 0.4) is 0 Å². The van der Waals surface area contributed by atoms with Crippen molar-refractivity contribution < 1.29 is 19.4 Å². The third kappa shape index (κ3) is 4.53. The number of aliphatic hydroxyl groups is 1. The molecular formula is C16H20Cl2N2O4. The second-order valence-electron chi connectivity index (χ2n) is 6.10. The Hall–Kier alpha value is -1.50. The van der Waals surface area contributed by atoms with Crippen LogP contribution in [0.1, 0.15) is 20.3 Å². The summed E-state index contributed by atoms with van der Waals surface area (Å²) in [7, 11) is 0. The van der Waals surface area contributed by atoms with E-state index < -0.39 is 18.2 Å². The molecule has 0 saturated carbocycles. The highest BCUT2D eigenvalue weighted by atomic mass is 35.5. The van der Waals surface area contributed by atoms with Crippen molar-refractivity contribution in [3.63, 3.8) is 0 Å². The Labute approximate surface area is 150 Å². The minimum atomic E-state index is -1.05. The molecule has 0 radical (unpaired) electrons. The van der Waals surface area contributed by atoms with Crippen LogP contribution >= 0.6 is 23.2 Å². The molecule has 1 saturated heterocycles. The first-order chi connectivity index (χ1) is 11.3. The van der Waals surface area contributed by atoms with E-state index in [1.165, 1.54) is 0 Å². The molecule has 24 heavy (non-hydrogen) atoms. The van der Waals surface area contributed by atoms with E-state index in [-0.39, 0.29) is 30.7 Å². The van der Waals surface area contributed by atoms with Crippen LogP contribution in [0.15, 0.2) is 18.2 Å². The third-order valence-corrected chi connectivity index (χ3v) is 4.14. The SMILES string of the molecule is CC(C)CC1NC(=O)N(CC(O)COc2c(Cl)cccc2Cl)C1=O. The van der Waals surface area contributed by atoms with E-state index in [4.69, 9.17) is 27.9 Å². The minimum Gasteiger partial charge on any atom is -0.488 e. The van der Waals surface area contributed by atoms with Crippen LogP contribution in [0.25, 0.3) is 0 Å². The van der Waals surface area contributed by atoms with Crippen molar-refractivity contribution in [2.45, 2.75) is 32.4 Å². The lowest BCUT2D eigenvalue weighted by Gasteiger charge is -2.19. The quantitative estimate of drug-likeness (QED) is 0.719. The molecule has 2 N–H and O–H groups in total. The molecule has 6 nitrogen and oxygen atoms in total. The van der Waals surface area contributed by atoms with Gasteiger partial charge in [0, 0.05) is 0 Å². The zero-order valence-electron chi connectivity index (χ0n) is 13.5. The Bertz CT molecular complexity index is 604. The maximum atomic E-state index is 12.2. The molecular weight excluding hydrogens is 355 g/mol. The van der Waals surface area contributed by atoms with Crippen LogP contribution in [-0.4, -0.2) is 47.2 Å². The summed E-state index contributed by atoms with van der Waals surface area (Å²) in [5.41, 5.74) is 0. The minimum absolute atomic E-state index is 0.143. The molecule has 0 bridgehead atoms. The van der Waals surface area contributed by atoms with E-state index in [0.29, 0.717) is 16.5 Å². The van der Waals surface area contributed by atoms with Crippen molar-refractivity contribution >= 4 is 35.1 Å². The Morgan fingerprint density at radius 2 is 1.92 bits per heavy atom. The monoisotopic (exact) mass is 374 g/mol. The van der Waals surface area contributed by atoms with Gasteiger partial charge in [-0.3, -0.25) is 9.69 Å². The molecule has 3 amide bonds. The molecule has 0 aromatic heterocycles. The van der Waals surface area contributed by atoms with Crippen LogP contribution in [0, 0.1) is 5.92 Å². The van der Waals surface area contributed by atoms with E-state index >= 15 is 0 Å². The Balaban J connectivity index is 1.91. The van der Waals surface area contributed by atoms with Crippen LogP contribution in [0.2, 0.25) is 10.0 Å². The first kappa shape index (κ1) is 18.8. The van der Waals surface area contributed by atoms with Crippen molar-refractivity contribution in [3.05, 3.63) is 28.2 Å². The molecule has 1 aliphatic rings. The summed E-state index contributed by atoms with van der Waals surface area (Å²) in [5.74, 6) is 0.202. The average Bonchev–Trinajstić information content (AvgIpc) is 2.73. The largest absolute Gasteiger partial charge is 0.488 e. The molecule has 2 atom stereocenters. The summed E-state index contributed by atoms with van der Waals surface area (Å²) in [4.78, 5) is 25.1. The van der Waals surface area contributed by atoms with Gasteiger partial charge in [0.05, 0.1) is 16.6 Å². The van der Waals surface area contributed by atoms with Crippen LogP contribution in [-0.2, 0) is 4.79 Å². The second kappa shape index (κ2) is 8.05. The van der Waals surface area contributed by atoms with Crippen LogP contribution in [0.4, 0.5) is 4.79 Å². The molecule has 1 heterocycles. The number of benzene rings is 1. The summed E-state index contributed by atoms with van der Waals surface area (Å²) >= 11 is 12.0. The van der Waals surface area contributed by atoms with Gasteiger partial charge in [-0.2, -0.15) is 0 Å². The molecule has 1 aromatic carbocycles. The predicted molar refractivity (Wildman–Crippen MR) is 91.5 cm³/mol. The number of amides is 3. The summed E-state index contributed by atoms with van der Waals surface area (Å²) in [6.07, 6.45) is -0.493. The topological polar surface area (TPSA) is 78.9 Å². The smallest absolute Gasteiger partial charge is 0.324 e. The van der Waals surface area contributed by atoms with Gasteiger partial charge in [0.2, 0.25) is 0 Å². The second-order valence-corrected chi connectivity index (χ2v) is 6.91. The predicted octanol–water partition coefficient (Wildman–Crippen LogP) is 2.70. The molecule has 2 rings (SSSR count). The highest BCUT2D eigenvalue weighted by Gasteiger charge is 2.38. The van der Waals surface area contributed by atoms with Crippen LogP contribution in [0.5, 0.6) is 5.75 Å². The van der Waals surface area contributed by atoms with Crippen molar-refractivity contribution in [2.24, 2.45) is 5.92 Å². The maximum absolute atomic E-state index is 12.2. The van der Waals surface area contributed by atoms with Crippen LogP contribution < -0.4 is 10.1 Å². The summed E-state index contributed by atoms with van der Waals surface area (Å²) in [6.45, 7) is 3.65. The molecule has 1 aromatic rings. The number of halogens is 2. The van der Waals surface area contributed by atoms with Gasteiger partial charge < -0.3 is 15.2 Å². The lowest BCUT2D eigenvalue weighted by molar-refractivity contribution is -0.128. The number of rotatable bonds is 7. The van der Waals surface area contributed by atoms with Gasteiger partial charge in [-0.05, 0) is 24.5 Å². The number of nitrogens with one attached hydrogen (secondary N) is 1. The van der Waals surface area contributed by atoms with Gasteiger partial charge >= 0.3 is 6.03 Å². The third-order valence-electron chi connectivity index (χ3n) is 3.55. The lowest BCUT2D eigenvalue weighted by Crippen LogP contribution is -2.40. The number of carbonyl (C=O) groups is 2. The number of hydrogen-bond donors (Lipinski definition) is 2. The highest BCUT2D eigenvalue weighted by Crippen LogP contribution is 2.32. The molecule has 8 heteroatoms. The summed E-state index contributed by atoms with van der Waals surface area (Å²) in [5, 5.41) is 13.3. The van der Waals surface area contributed by atoms with E-state index in [1.54, 1.807) is 18.2 Å². The summed E-state index contributed by atoms with van der Waals surface area (Å²) < 4.78 is 5.42. The Morgan fingerprint density at radius 3 is 2.50 bits per heavy atom. The van der Waals surface area contributed by atoms with E-state index in [1.807, 2.05) is 13.8 Å². The fraction of sp³-hybridized carbons (Fsp3) is 0.500. The zero-order chi connectivity index (χ0) is 17.9. The standard InChI is InChI=1S/C16H20Cl2N2O4/c1-9(2)6-13-15(22)20(16(23)19-13)7-10(21)8-24-14-11(17)4-3-5-12(14)18/h3-5,9-10,13,21H,6-8H2,1-2H3,(H,19,23).